The number of imidazole rings is 1. The van der Waals surface area contributed by atoms with E-state index in [1.165, 1.54) is 11.1 Å². The lowest BCUT2D eigenvalue weighted by atomic mass is 10.1. The molecule has 0 bridgehead atoms. The average molecular weight is 180 g/mol. The Bertz CT molecular complexity index is 397. The van der Waals surface area contributed by atoms with Gasteiger partial charge in [-0.2, -0.15) is 0 Å². The summed E-state index contributed by atoms with van der Waals surface area (Å²) in [7, 11) is 0. The van der Waals surface area contributed by atoms with Crippen LogP contribution in [0.1, 0.15) is 31.2 Å². The molecule has 12 heavy (non-hydrogen) atoms. The number of hydrogen-bond donors (Lipinski definition) is 0. The summed E-state index contributed by atoms with van der Waals surface area (Å²) >= 11 is 1.73. The first-order valence-corrected chi connectivity index (χ1v) is 4.95. The highest BCUT2D eigenvalue weighted by atomic mass is 32.1. The molecule has 0 spiro atoms. The molecule has 2 heterocycles. The van der Waals surface area contributed by atoms with Gasteiger partial charge in [-0.25, -0.2) is 4.98 Å². The minimum absolute atomic E-state index is 0.592. The van der Waals surface area contributed by atoms with E-state index < -0.39 is 0 Å². The van der Waals surface area contributed by atoms with Gasteiger partial charge in [-0.3, -0.25) is 3.79 Å². The Morgan fingerprint density at radius 1 is 1.50 bits per heavy atom. The van der Waals surface area contributed by atoms with Gasteiger partial charge in [0.25, 0.3) is 0 Å². The third kappa shape index (κ3) is 0.966. The smallest absolute Gasteiger partial charge is 0.119 e. The first-order chi connectivity index (χ1) is 5.70. The van der Waals surface area contributed by atoms with Crippen LogP contribution in [-0.4, -0.2) is 8.77 Å². The summed E-state index contributed by atoms with van der Waals surface area (Å²) < 4.78 is 2.18. The molecule has 0 aromatic carbocycles. The van der Waals surface area contributed by atoms with Gasteiger partial charge in [0.2, 0.25) is 0 Å². The Morgan fingerprint density at radius 2 is 2.25 bits per heavy atom. The van der Waals surface area contributed by atoms with Crippen molar-refractivity contribution >= 4 is 17.0 Å². The third-order valence-electron chi connectivity index (χ3n) is 2.09. The predicted molar refractivity (Wildman–Crippen MR) is 51.9 cm³/mol. The maximum absolute atomic E-state index is 4.27. The predicted octanol–water partition coefficient (Wildman–Crippen LogP) is 2.83. The van der Waals surface area contributed by atoms with E-state index in [-0.39, 0.29) is 0 Å². The van der Waals surface area contributed by atoms with Gasteiger partial charge in [0.15, 0.2) is 0 Å². The van der Waals surface area contributed by atoms with Crippen LogP contribution in [0.4, 0.5) is 0 Å². The van der Waals surface area contributed by atoms with Gasteiger partial charge in [0.05, 0.1) is 11.7 Å². The van der Waals surface area contributed by atoms with Crippen molar-refractivity contribution in [1.82, 2.24) is 8.77 Å². The summed E-state index contributed by atoms with van der Waals surface area (Å²) in [6, 6.07) is 0. The first kappa shape index (κ1) is 7.80. The van der Waals surface area contributed by atoms with Crippen LogP contribution >= 0.6 is 11.5 Å². The van der Waals surface area contributed by atoms with Crippen molar-refractivity contribution in [3.63, 3.8) is 0 Å². The van der Waals surface area contributed by atoms with Crippen molar-refractivity contribution in [3.8, 4) is 0 Å². The second-order valence-electron chi connectivity index (χ2n) is 3.32. The third-order valence-corrected chi connectivity index (χ3v) is 3.12. The van der Waals surface area contributed by atoms with Gasteiger partial charge >= 0.3 is 0 Å². The molecule has 0 aliphatic carbocycles. The van der Waals surface area contributed by atoms with Crippen LogP contribution in [0.25, 0.3) is 5.52 Å². The van der Waals surface area contributed by atoms with Gasteiger partial charge in [0.1, 0.15) is 5.82 Å². The zero-order valence-corrected chi connectivity index (χ0v) is 8.35. The van der Waals surface area contributed by atoms with Crippen LogP contribution in [0.3, 0.4) is 0 Å². The number of rotatable bonds is 1. The topological polar surface area (TPSA) is 17.3 Å². The Hall–Kier alpha value is -0.830. The summed E-state index contributed by atoms with van der Waals surface area (Å²) in [6.07, 6.45) is 1.96. The molecule has 0 atom stereocenters. The second-order valence-corrected chi connectivity index (χ2v) is 4.13. The largest absolute Gasteiger partial charge is 0.251 e. The highest BCUT2D eigenvalue weighted by Crippen LogP contribution is 2.25. The second kappa shape index (κ2) is 2.59. The zero-order valence-electron chi connectivity index (χ0n) is 7.53. The Morgan fingerprint density at radius 3 is 2.92 bits per heavy atom. The molecule has 0 N–H and O–H groups in total. The summed E-state index contributed by atoms with van der Waals surface area (Å²) in [4.78, 5) is 4.27. The average Bonchev–Trinajstić information content (AvgIpc) is 2.53. The zero-order chi connectivity index (χ0) is 8.72. The van der Waals surface area contributed by atoms with Crippen LogP contribution in [-0.2, 0) is 0 Å². The molecule has 3 heteroatoms. The number of fused-ring (bicyclic) bond motifs is 1. The standard InChI is InChI=1S/C9H12N2S/c1-6(2)8-5-12-11-7(3)10-4-9(8)11/h4-6H,1-3H3. The van der Waals surface area contributed by atoms with Gasteiger partial charge < -0.3 is 0 Å². The van der Waals surface area contributed by atoms with E-state index in [1.54, 1.807) is 11.5 Å². The Kier molecular flexibility index (Phi) is 1.68. The van der Waals surface area contributed by atoms with E-state index in [0.717, 1.165) is 5.82 Å². The normalized spacial score (nSPS) is 11.7. The Balaban J connectivity index is 2.71. The highest BCUT2D eigenvalue weighted by Gasteiger charge is 2.09. The van der Waals surface area contributed by atoms with Crippen molar-refractivity contribution in [2.75, 3.05) is 0 Å². The van der Waals surface area contributed by atoms with Gasteiger partial charge in [-0.1, -0.05) is 25.4 Å². The van der Waals surface area contributed by atoms with Crippen molar-refractivity contribution in [1.29, 1.82) is 0 Å². The monoisotopic (exact) mass is 180 g/mol. The summed E-state index contributed by atoms with van der Waals surface area (Å²) in [5.41, 5.74) is 2.67. The number of aryl methyl sites for hydroxylation is 1. The maximum atomic E-state index is 4.27. The molecular weight excluding hydrogens is 168 g/mol. The van der Waals surface area contributed by atoms with Crippen LogP contribution < -0.4 is 0 Å². The van der Waals surface area contributed by atoms with Crippen LogP contribution in [0.15, 0.2) is 11.6 Å². The molecule has 0 saturated carbocycles. The summed E-state index contributed by atoms with van der Waals surface area (Å²) in [6.45, 7) is 6.46. The number of nitrogens with zero attached hydrogens (tertiary/aromatic N) is 2. The van der Waals surface area contributed by atoms with Crippen molar-refractivity contribution in [2.24, 2.45) is 0 Å². The van der Waals surface area contributed by atoms with Crippen molar-refractivity contribution in [3.05, 3.63) is 23.0 Å². The van der Waals surface area contributed by atoms with Crippen molar-refractivity contribution < 1.29 is 0 Å². The molecule has 2 nitrogen and oxygen atoms in total. The molecule has 0 unspecified atom stereocenters. The molecule has 0 amide bonds. The van der Waals surface area contributed by atoms with Crippen LogP contribution in [0.2, 0.25) is 0 Å². The number of aromatic nitrogens is 2. The minimum Gasteiger partial charge on any atom is -0.251 e. The van der Waals surface area contributed by atoms with Crippen LogP contribution in [0, 0.1) is 6.92 Å². The quantitative estimate of drug-likeness (QED) is 0.659. The highest BCUT2D eigenvalue weighted by molar-refractivity contribution is 7.04. The summed E-state index contributed by atoms with van der Waals surface area (Å²) in [5.74, 6) is 1.68. The lowest BCUT2D eigenvalue weighted by Crippen LogP contribution is -1.84. The first-order valence-electron chi connectivity index (χ1n) is 4.12. The lowest BCUT2D eigenvalue weighted by molar-refractivity contribution is 0.877. The molecule has 2 rings (SSSR count). The Labute approximate surface area is 76.0 Å². The van der Waals surface area contributed by atoms with E-state index in [1.807, 2.05) is 13.1 Å². The fraction of sp³-hybridized carbons (Fsp3) is 0.444. The van der Waals surface area contributed by atoms with Gasteiger partial charge in [-0.05, 0) is 18.4 Å². The van der Waals surface area contributed by atoms with Crippen LogP contribution in [0.5, 0.6) is 0 Å². The van der Waals surface area contributed by atoms with E-state index in [0.29, 0.717) is 5.92 Å². The molecule has 0 radical (unpaired) electrons. The van der Waals surface area contributed by atoms with Crippen molar-refractivity contribution in [2.45, 2.75) is 26.7 Å². The van der Waals surface area contributed by atoms with E-state index in [9.17, 15) is 0 Å². The van der Waals surface area contributed by atoms with E-state index >= 15 is 0 Å². The number of hydrogen-bond acceptors (Lipinski definition) is 2. The fourth-order valence-corrected chi connectivity index (χ4v) is 2.44. The van der Waals surface area contributed by atoms with Gasteiger partial charge in [-0.15, -0.1) is 0 Å². The molecule has 0 aliphatic rings. The fourth-order valence-electron chi connectivity index (χ4n) is 1.36. The maximum Gasteiger partial charge on any atom is 0.119 e. The molecule has 0 aliphatic heterocycles. The molecule has 0 saturated heterocycles. The lowest BCUT2D eigenvalue weighted by Gasteiger charge is -1.98. The minimum atomic E-state index is 0.592. The molecule has 2 aromatic rings. The molecule has 0 fully saturated rings. The van der Waals surface area contributed by atoms with E-state index in [2.05, 4.69) is 28.0 Å². The SMILES string of the molecule is Cc1ncc2c(C(C)C)csn12. The molecule has 2 aromatic heterocycles. The molecule has 64 valence electrons. The molecular formula is C9H12N2S. The van der Waals surface area contributed by atoms with E-state index in [4.69, 9.17) is 0 Å². The van der Waals surface area contributed by atoms with Gasteiger partial charge in [0, 0.05) is 5.38 Å². The summed E-state index contributed by atoms with van der Waals surface area (Å²) in [5, 5.41) is 2.22.